The van der Waals surface area contributed by atoms with Crippen molar-refractivity contribution in [3.63, 3.8) is 0 Å². The van der Waals surface area contributed by atoms with E-state index in [-0.39, 0.29) is 5.91 Å². The molecule has 0 fully saturated rings. The van der Waals surface area contributed by atoms with Crippen LogP contribution >= 0.6 is 15.9 Å². The number of pyridine rings is 1. The van der Waals surface area contributed by atoms with Crippen LogP contribution in [0.4, 0.5) is 5.88 Å². The van der Waals surface area contributed by atoms with Crippen LogP contribution in [-0.4, -0.2) is 16.0 Å². The molecule has 88 valence electrons. The Labute approximate surface area is 106 Å². The highest BCUT2D eigenvalue weighted by atomic mass is 79.9. The van der Waals surface area contributed by atoms with Crippen molar-refractivity contribution in [1.82, 2.24) is 10.1 Å². The highest BCUT2D eigenvalue weighted by Gasteiger charge is 2.13. The maximum Gasteiger partial charge on any atom is 0.276 e. The highest BCUT2D eigenvalue weighted by molar-refractivity contribution is 9.10. The zero-order valence-corrected chi connectivity index (χ0v) is 10.9. The van der Waals surface area contributed by atoms with Gasteiger partial charge in [-0.1, -0.05) is 5.16 Å². The Morgan fingerprint density at radius 1 is 1.41 bits per heavy atom. The van der Waals surface area contributed by atoms with Crippen LogP contribution in [-0.2, 0) is 0 Å². The third kappa shape index (κ3) is 2.52. The van der Waals surface area contributed by atoms with Gasteiger partial charge in [-0.05, 0) is 41.9 Å². The largest absolute Gasteiger partial charge is 0.338 e. The molecule has 0 atom stereocenters. The van der Waals surface area contributed by atoms with Crippen molar-refractivity contribution in [2.75, 3.05) is 5.32 Å². The van der Waals surface area contributed by atoms with E-state index in [1.54, 1.807) is 18.3 Å². The Morgan fingerprint density at radius 3 is 2.71 bits per heavy atom. The molecular formula is C11H10BrN3O2. The Kier molecular flexibility index (Phi) is 3.23. The van der Waals surface area contributed by atoms with Gasteiger partial charge in [-0.15, -0.1) is 0 Å². The van der Waals surface area contributed by atoms with E-state index in [9.17, 15) is 4.79 Å². The van der Waals surface area contributed by atoms with E-state index < -0.39 is 0 Å². The summed E-state index contributed by atoms with van der Waals surface area (Å²) in [4.78, 5) is 15.8. The Hall–Kier alpha value is -1.69. The van der Waals surface area contributed by atoms with Crippen molar-refractivity contribution in [2.45, 2.75) is 13.8 Å². The molecule has 0 saturated heterocycles. The average Bonchev–Trinajstić information content (AvgIpc) is 2.62. The molecule has 2 aromatic rings. The smallest absolute Gasteiger partial charge is 0.276 e. The molecule has 17 heavy (non-hydrogen) atoms. The van der Waals surface area contributed by atoms with Crippen molar-refractivity contribution in [1.29, 1.82) is 0 Å². The monoisotopic (exact) mass is 295 g/mol. The summed E-state index contributed by atoms with van der Waals surface area (Å²) in [5.41, 5.74) is 1.89. The standard InChI is InChI=1S/C11H10BrN3O2/c1-6-7(2)15-17-11(6)14-10(16)9-4-3-8(12)5-13-9/h3-5H,1-2H3,(H,14,16). The van der Waals surface area contributed by atoms with Gasteiger partial charge in [-0.2, -0.15) is 0 Å². The number of anilines is 1. The molecule has 2 aromatic heterocycles. The van der Waals surface area contributed by atoms with Crippen molar-refractivity contribution in [2.24, 2.45) is 0 Å². The molecule has 6 heteroatoms. The predicted molar refractivity (Wildman–Crippen MR) is 65.9 cm³/mol. The maximum atomic E-state index is 11.8. The van der Waals surface area contributed by atoms with Gasteiger partial charge in [0.2, 0.25) is 5.88 Å². The number of hydrogen-bond donors (Lipinski definition) is 1. The van der Waals surface area contributed by atoms with E-state index in [1.807, 2.05) is 13.8 Å². The Morgan fingerprint density at radius 2 is 2.18 bits per heavy atom. The number of rotatable bonds is 2. The van der Waals surface area contributed by atoms with Crippen molar-refractivity contribution in [3.05, 3.63) is 39.8 Å². The summed E-state index contributed by atoms with van der Waals surface area (Å²) < 4.78 is 5.81. The van der Waals surface area contributed by atoms with Crippen LogP contribution < -0.4 is 5.32 Å². The third-order valence-electron chi connectivity index (χ3n) is 2.34. The van der Waals surface area contributed by atoms with Gasteiger partial charge in [0.25, 0.3) is 5.91 Å². The normalized spacial score (nSPS) is 10.3. The summed E-state index contributed by atoms with van der Waals surface area (Å²) in [7, 11) is 0. The van der Waals surface area contributed by atoms with Crippen LogP contribution in [0.25, 0.3) is 0 Å². The molecule has 1 amide bonds. The van der Waals surface area contributed by atoms with Gasteiger partial charge < -0.3 is 4.52 Å². The number of aryl methyl sites for hydroxylation is 1. The van der Waals surface area contributed by atoms with Gasteiger partial charge in [-0.25, -0.2) is 4.98 Å². The van der Waals surface area contributed by atoms with Crippen molar-refractivity contribution in [3.8, 4) is 0 Å². The van der Waals surface area contributed by atoms with Crippen LogP contribution in [0, 0.1) is 13.8 Å². The van der Waals surface area contributed by atoms with Crippen LogP contribution in [0.15, 0.2) is 27.3 Å². The van der Waals surface area contributed by atoms with Crippen LogP contribution in [0.1, 0.15) is 21.7 Å². The fourth-order valence-electron chi connectivity index (χ4n) is 1.21. The van der Waals surface area contributed by atoms with E-state index in [2.05, 4.69) is 31.4 Å². The average molecular weight is 296 g/mol. The lowest BCUT2D eigenvalue weighted by Crippen LogP contribution is -2.13. The van der Waals surface area contributed by atoms with E-state index in [0.717, 1.165) is 15.7 Å². The summed E-state index contributed by atoms with van der Waals surface area (Å²) >= 11 is 3.25. The lowest BCUT2D eigenvalue weighted by molar-refractivity contribution is 0.101. The highest BCUT2D eigenvalue weighted by Crippen LogP contribution is 2.18. The topological polar surface area (TPSA) is 68.0 Å². The molecule has 1 N–H and O–H groups in total. The molecule has 0 aliphatic rings. The molecule has 0 aromatic carbocycles. The molecule has 0 bridgehead atoms. The summed E-state index contributed by atoms with van der Waals surface area (Å²) in [6.07, 6.45) is 1.56. The SMILES string of the molecule is Cc1noc(NC(=O)c2ccc(Br)cn2)c1C. The third-order valence-corrected chi connectivity index (χ3v) is 2.81. The van der Waals surface area contributed by atoms with Crippen LogP contribution in [0.2, 0.25) is 0 Å². The number of nitrogens with zero attached hydrogens (tertiary/aromatic N) is 2. The van der Waals surface area contributed by atoms with Gasteiger partial charge in [0.1, 0.15) is 5.69 Å². The zero-order valence-electron chi connectivity index (χ0n) is 9.32. The van der Waals surface area contributed by atoms with Gasteiger partial charge in [0.05, 0.1) is 5.69 Å². The number of carbonyl (C=O) groups excluding carboxylic acids is 1. The van der Waals surface area contributed by atoms with Gasteiger partial charge in [-0.3, -0.25) is 10.1 Å². The summed E-state index contributed by atoms with van der Waals surface area (Å²) in [5.74, 6) is 0.0361. The van der Waals surface area contributed by atoms with E-state index >= 15 is 0 Å². The number of aromatic nitrogens is 2. The first-order valence-electron chi connectivity index (χ1n) is 4.93. The fraction of sp³-hybridized carbons (Fsp3) is 0.182. The van der Waals surface area contributed by atoms with Gasteiger partial charge >= 0.3 is 0 Å². The number of amides is 1. The Balaban J connectivity index is 2.17. The number of carbonyl (C=O) groups is 1. The lowest BCUT2D eigenvalue weighted by atomic mass is 10.3. The fourth-order valence-corrected chi connectivity index (χ4v) is 1.44. The molecule has 0 aliphatic heterocycles. The number of halogens is 1. The first kappa shape index (κ1) is 11.8. The zero-order chi connectivity index (χ0) is 12.4. The predicted octanol–water partition coefficient (Wildman–Crippen LogP) is 2.70. The van der Waals surface area contributed by atoms with E-state index in [1.165, 1.54) is 0 Å². The molecule has 0 spiro atoms. The first-order valence-corrected chi connectivity index (χ1v) is 5.73. The summed E-state index contributed by atoms with van der Waals surface area (Å²) in [6.45, 7) is 3.64. The van der Waals surface area contributed by atoms with Gasteiger partial charge in [0.15, 0.2) is 0 Å². The minimum atomic E-state index is -0.322. The second-order valence-electron chi connectivity index (χ2n) is 3.54. The quantitative estimate of drug-likeness (QED) is 0.925. The first-order chi connectivity index (χ1) is 8.08. The molecule has 0 saturated carbocycles. The maximum absolute atomic E-state index is 11.8. The van der Waals surface area contributed by atoms with Crippen LogP contribution in [0.5, 0.6) is 0 Å². The van der Waals surface area contributed by atoms with Crippen molar-refractivity contribution < 1.29 is 9.32 Å². The molecule has 5 nitrogen and oxygen atoms in total. The molecule has 0 aliphatic carbocycles. The van der Waals surface area contributed by atoms with E-state index in [0.29, 0.717) is 11.6 Å². The van der Waals surface area contributed by atoms with Gasteiger partial charge in [0, 0.05) is 16.2 Å². The molecular weight excluding hydrogens is 286 g/mol. The molecule has 2 rings (SSSR count). The molecule has 2 heterocycles. The molecule has 0 unspecified atom stereocenters. The van der Waals surface area contributed by atoms with Crippen molar-refractivity contribution >= 4 is 27.7 Å². The Bertz CT molecular complexity index is 548. The second kappa shape index (κ2) is 4.67. The molecule has 0 radical (unpaired) electrons. The van der Waals surface area contributed by atoms with E-state index in [4.69, 9.17) is 4.52 Å². The lowest BCUT2D eigenvalue weighted by Gasteiger charge is -2.01. The van der Waals surface area contributed by atoms with Crippen LogP contribution in [0.3, 0.4) is 0 Å². The number of nitrogens with one attached hydrogen (secondary N) is 1. The summed E-state index contributed by atoms with van der Waals surface area (Å²) in [6, 6.07) is 3.37. The minimum absolute atomic E-state index is 0.321. The second-order valence-corrected chi connectivity index (χ2v) is 4.45. The summed E-state index contributed by atoms with van der Waals surface area (Å²) in [5, 5.41) is 6.38. The number of hydrogen-bond acceptors (Lipinski definition) is 4. The minimum Gasteiger partial charge on any atom is -0.338 e.